The average Bonchev–Trinajstić information content (AvgIpc) is 2.84. The zero-order valence-electron chi connectivity index (χ0n) is 12.3. The fraction of sp³-hybridized carbons (Fsp3) is 0.500. The third kappa shape index (κ3) is 3.32. The first-order valence-corrected chi connectivity index (χ1v) is 10.3. The van der Waals surface area contributed by atoms with Gasteiger partial charge in [0.05, 0.1) is 22.0 Å². The summed E-state index contributed by atoms with van der Waals surface area (Å²) in [5, 5.41) is 9.11. The van der Waals surface area contributed by atoms with E-state index in [9.17, 15) is 16.8 Å². The van der Waals surface area contributed by atoms with Gasteiger partial charge in [0.25, 0.3) is 0 Å². The van der Waals surface area contributed by atoms with Gasteiger partial charge >= 0.3 is 0 Å². The number of rotatable bonds is 5. The molecule has 1 atom stereocenters. The van der Waals surface area contributed by atoms with Gasteiger partial charge in [0.2, 0.25) is 10.0 Å². The first-order chi connectivity index (χ1) is 10.3. The molecule has 2 rings (SSSR count). The van der Waals surface area contributed by atoms with Gasteiger partial charge < -0.3 is 0 Å². The van der Waals surface area contributed by atoms with Gasteiger partial charge in [-0.3, -0.25) is 0 Å². The quantitative estimate of drug-likeness (QED) is 0.800. The highest BCUT2D eigenvalue weighted by Gasteiger charge is 2.38. The Morgan fingerprint density at radius 2 is 2.05 bits per heavy atom. The fourth-order valence-corrected chi connectivity index (χ4v) is 6.35. The van der Waals surface area contributed by atoms with E-state index >= 15 is 0 Å². The molecule has 120 valence electrons. The molecule has 8 heteroatoms. The molecule has 0 spiro atoms. The molecule has 6 nitrogen and oxygen atoms in total. The van der Waals surface area contributed by atoms with Crippen molar-refractivity contribution >= 4 is 19.9 Å². The molecule has 1 fully saturated rings. The van der Waals surface area contributed by atoms with Crippen LogP contribution in [0.25, 0.3) is 0 Å². The second-order valence-electron chi connectivity index (χ2n) is 5.28. The third-order valence-electron chi connectivity index (χ3n) is 3.65. The van der Waals surface area contributed by atoms with Gasteiger partial charge in [-0.2, -0.15) is 9.57 Å². The molecule has 0 aromatic heterocycles. The molecule has 0 radical (unpaired) electrons. The number of hydrogen-bond acceptors (Lipinski definition) is 5. The summed E-state index contributed by atoms with van der Waals surface area (Å²) >= 11 is 0. The minimum Gasteiger partial charge on any atom is -0.229 e. The lowest BCUT2D eigenvalue weighted by molar-refractivity contribution is 0.340. The smallest absolute Gasteiger partial charge is 0.229 e. The highest BCUT2D eigenvalue weighted by atomic mass is 32.2. The van der Waals surface area contributed by atoms with Crippen molar-refractivity contribution in [3.63, 3.8) is 0 Å². The lowest BCUT2D eigenvalue weighted by Gasteiger charge is -2.27. The summed E-state index contributed by atoms with van der Waals surface area (Å²) in [6, 6.07) is 7.32. The normalized spacial score (nSPS) is 20.9. The van der Waals surface area contributed by atoms with Crippen LogP contribution in [0.2, 0.25) is 0 Å². The molecule has 0 saturated carbocycles. The number of hydrogen-bond donors (Lipinski definition) is 0. The Balaban J connectivity index is 2.46. The van der Waals surface area contributed by atoms with E-state index in [1.165, 1.54) is 16.4 Å². The van der Waals surface area contributed by atoms with E-state index in [4.69, 9.17) is 5.26 Å². The molecule has 1 aromatic carbocycles. The molecule has 1 aliphatic heterocycles. The molecule has 0 N–H and O–H groups in total. The molecule has 1 aromatic rings. The monoisotopic (exact) mass is 342 g/mol. The SMILES string of the molecule is CCCN([C@@H]1CCS(=O)(=O)C1)S(=O)(=O)c1ccccc1C#N. The maximum absolute atomic E-state index is 12.9. The minimum atomic E-state index is -3.89. The molecule has 0 aliphatic carbocycles. The van der Waals surface area contributed by atoms with E-state index in [-0.39, 0.29) is 28.5 Å². The topological polar surface area (TPSA) is 95.3 Å². The zero-order valence-corrected chi connectivity index (χ0v) is 13.9. The van der Waals surface area contributed by atoms with Crippen molar-refractivity contribution < 1.29 is 16.8 Å². The summed E-state index contributed by atoms with van der Waals surface area (Å²) in [6.45, 7) is 2.07. The summed E-state index contributed by atoms with van der Waals surface area (Å²) in [6.07, 6.45) is 0.876. The van der Waals surface area contributed by atoms with Crippen LogP contribution in [0.5, 0.6) is 0 Å². The van der Waals surface area contributed by atoms with E-state index in [1.807, 2.05) is 13.0 Å². The average molecular weight is 342 g/mol. The van der Waals surface area contributed by atoms with Crippen LogP contribution in [-0.4, -0.2) is 45.2 Å². The molecule has 22 heavy (non-hydrogen) atoms. The molecule has 1 heterocycles. The highest BCUT2D eigenvalue weighted by Crippen LogP contribution is 2.26. The standard InChI is InChI=1S/C14H18N2O4S2/c1-2-8-16(13-7-9-21(17,18)11-13)22(19,20)14-6-4-3-5-12(14)10-15/h3-6,13H,2,7-9,11H2,1H3/t13-/m1/s1. The van der Waals surface area contributed by atoms with Gasteiger partial charge in [0.1, 0.15) is 6.07 Å². The Hall–Kier alpha value is -1.43. The van der Waals surface area contributed by atoms with E-state index in [2.05, 4.69) is 0 Å². The molecular formula is C14H18N2O4S2. The van der Waals surface area contributed by atoms with Gasteiger partial charge in [0.15, 0.2) is 9.84 Å². The highest BCUT2D eigenvalue weighted by molar-refractivity contribution is 7.92. The van der Waals surface area contributed by atoms with Crippen LogP contribution >= 0.6 is 0 Å². The van der Waals surface area contributed by atoms with Crippen molar-refractivity contribution in [1.82, 2.24) is 4.31 Å². The number of sulfone groups is 1. The van der Waals surface area contributed by atoms with Crippen molar-refractivity contribution in [2.45, 2.75) is 30.7 Å². The Labute approximate surface area is 131 Å². The predicted molar refractivity (Wildman–Crippen MR) is 82.4 cm³/mol. The second kappa shape index (κ2) is 6.36. The van der Waals surface area contributed by atoms with Crippen LogP contribution < -0.4 is 0 Å². The number of benzene rings is 1. The molecule has 0 unspecified atom stereocenters. The van der Waals surface area contributed by atoms with Crippen molar-refractivity contribution in [2.24, 2.45) is 0 Å². The van der Waals surface area contributed by atoms with Crippen LogP contribution in [0.15, 0.2) is 29.2 Å². The van der Waals surface area contributed by atoms with Gasteiger partial charge in [-0.25, -0.2) is 16.8 Å². The summed E-state index contributed by atoms with van der Waals surface area (Å²) in [4.78, 5) is -0.0600. The summed E-state index contributed by atoms with van der Waals surface area (Å²) < 4.78 is 50.3. The zero-order chi connectivity index (χ0) is 16.4. The lowest BCUT2D eigenvalue weighted by atomic mass is 10.2. The lowest BCUT2D eigenvalue weighted by Crippen LogP contribution is -2.41. The van der Waals surface area contributed by atoms with Crippen molar-refractivity contribution in [3.05, 3.63) is 29.8 Å². The summed E-state index contributed by atoms with van der Waals surface area (Å²) in [5.41, 5.74) is 0.0736. The van der Waals surface area contributed by atoms with Gasteiger partial charge in [0, 0.05) is 12.6 Å². The largest absolute Gasteiger partial charge is 0.244 e. The van der Waals surface area contributed by atoms with E-state index < -0.39 is 25.9 Å². The molecule has 0 bridgehead atoms. The number of nitriles is 1. The molecule has 1 saturated heterocycles. The molecule has 0 amide bonds. The van der Waals surface area contributed by atoms with Crippen LogP contribution in [-0.2, 0) is 19.9 Å². The number of sulfonamides is 1. The van der Waals surface area contributed by atoms with Crippen LogP contribution in [0.4, 0.5) is 0 Å². The fourth-order valence-electron chi connectivity index (χ4n) is 2.63. The first-order valence-electron chi connectivity index (χ1n) is 7.03. The third-order valence-corrected chi connectivity index (χ3v) is 7.41. The number of nitrogens with zero attached hydrogens (tertiary/aromatic N) is 2. The van der Waals surface area contributed by atoms with Crippen LogP contribution in [0.3, 0.4) is 0 Å². The van der Waals surface area contributed by atoms with Gasteiger partial charge in [-0.15, -0.1) is 0 Å². The maximum atomic E-state index is 12.9. The second-order valence-corrected chi connectivity index (χ2v) is 9.37. The van der Waals surface area contributed by atoms with Gasteiger partial charge in [-0.05, 0) is 25.0 Å². The Kier molecular flexibility index (Phi) is 4.90. The maximum Gasteiger partial charge on any atom is 0.244 e. The van der Waals surface area contributed by atoms with E-state index in [0.717, 1.165) is 0 Å². The Morgan fingerprint density at radius 3 is 2.59 bits per heavy atom. The predicted octanol–water partition coefficient (Wildman–Crippen LogP) is 1.15. The molecular weight excluding hydrogens is 324 g/mol. The van der Waals surface area contributed by atoms with Crippen LogP contribution in [0.1, 0.15) is 25.3 Å². The molecule has 1 aliphatic rings. The summed E-state index contributed by atoms with van der Waals surface area (Å²) in [7, 11) is -7.08. The Morgan fingerprint density at radius 1 is 1.36 bits per heavy atom. The van der Waals surface area contributed by atoms with E-state index in [1.54, 1.807) is 12.1 Å². The van der Waals surface area contributed by atoms with Crippen molar-refractivity contribution in [1.29, 1.82) is 5.26 Å². The van der Waals surface area contributed by atoms with Gasteiger partial charge in [-0.1, -0.05) is 19.1 Å². The van der Waals surface area contributed by atoms with E-state index in [0.29, 0.717) is 12.8 Å². The Bertz CT molecular complexity index is 794. The minimum absolute atomic E-state index is 0.00724. The first kappa shape index (κ1) is 16.9. The van der Waals surface area contributed by atoms with Crippen molar-refractivity contribution in [3.8, 4) is 6.07 Å². The summed E-state index contributed by atoms with van der Waals surface area (Å²) in [5.74, 6) is -0.145. The van der Waals surface area contributed by atoms with Crippen molar-refractivity contribution in [2.75, 3.05) is 18.1 Å². The van der Waals surface area contributed by atoms with Crippen LogP contribution in [0, 0.1) is 11.3 Å².